The molecule has 10 heavy (non-hydrogen) atoms. The van der Waals surface area contributed by atoms with Crippen LogP contribution >= 0.6 is 0 Å². The number of imidazole rings is 1. The number of hydrogen-bond acceptors (Lipinski definition) is 1. The van der Waals surface area contributed by atoms with Gasteiger partial charge < -0.3 is 17.5 Å². The van der Waals surface area contributed by atoms with Gasteiger partial charge in [-0.3, -0.25) is 4.98 Å². The Kier molecular flexibility index (Phi) is 1.46. The van der Waals surface area contributed by atoms with Gasteiger partial charge in [0.15, 0.2) is 0 Å². The molecule has 0 aliphatic heterocycles. The van der Waals surface area contributed by atoms with Gasteiger partial charge in [0, 0.05) is 25.2 Å². The van der Waals surface area contributed by atoms with E-state index in [2.05, 4.69) is 4.98 Å². The Bertz CT molecular complexity index is 229. The molecule has 0 aromatic carbocycles. The molecular formula is C4H5BF3N2-. The van der Waals surface area contributed by atoms with Gasteiger partial charge in [0.1, 0.15) is 0 Å². The molecule has 0 bridgehead atoms. The van der Waals surface area contributed by atoms with E-state index < -0.39 is 12.7 Å². The normalized spacial score (nSPS) is 12.0. The minimum atomic E-state index is -4.94. The fourth-order valence-corrected chi connectivity index (χ4v) is 0.693. The Morgan fingerprint density at radius 2 is 2.10 bits per heavy atom. The Hall–Kier alpha value is -0.935. The highest BCUT2D eigenvalue weighted by Gasteiger charge is 2.29. The van der Waals surface area contributed by atoms with E-state index in [-0.39, 0.29) is 0 Å². The summed E-state index contributed by atoms with van der Waals surface area (Å²) in [6, 6.07) is 0. The quantitative estimate of drug-likeness (QED) is 0.530. The van der Waals surface area contributed by atoms with Crippen LogP contribution in [-0.4, -0.2) is 16.5 Å². The van der Waals surface area contributed by atoms with Gasteiger partial charge in [-0.25, -0.2) is 0 Å². The molecule has 1 heterocycles. The van der Waals surface area contributed by atoms with Crippen LogP contribution in [0.2, 0.25) is 0 Å². The maximum atomic E-state index is 11.9. The average Bonchev–Trinajstić information content (AvgIpc) is 2.11. The zero-order valence-electron chi connectivity index (χ0n) is 5.26. The van der Waals surface area contributed by atoms with E-state index >= 15 is 0 Å². The number of aromatic nitrogens is 2. The van der Waals surface area contributed by atoms with E-state index in [4.69, 9.17) is 0 Å². The lowest BCUT2D eigenvalue weighted by Crippen LogP contribution is -2.40. The number of rotatable bonds is 1. The van der Waals surface area contributed by atoms with Crippen LogP contribution < -0.4 is 5.72 Å². The zero-order chi connectivity index (χ0) is 7.78. The summed E-state index contributed by atoms with van der Waals surface area (Å²) in [6.45, 7) is -4.94. The first-order valence-electron chi connectivity index (χ1n) is 2.69. The van der Waals surface area contributed by atoms with E-state index in [1.807, 2.05) is 0 Å². The molecular weight excluding hydrogens is 144 g/mol. The molecule has 0 aliphatic rings. The molecule has 0 N–H and O–H groups in total. The van der Waals surface area contributed by atoms with Crippen molar-refractivity contribution in [3.8, 4) is 0 Å². The summed E-state index contributed by atoms with van der Waals surface area (Å²) in [7, 11) is 1.32. The largest absolute Gasteiger partial charge is 0.544 e. The lowest BCUT2D eigenvalue weighted by Gasteiger charge is -2.12. The van der Waals surface area contributed by atoms with Crippen molar-refractivity contribution in [3.05, 3.63) is 12.4 Å². The van der Waals surface area contributed by atoms with Crippen LogP contribution in [0.25, 0.3) is 0 Å². The monoisotopic (exact) mass is 149 g/mol. The van der Waals surface area contributed by atoms with Gasteiger partial charge in [-0.15, -0.1) is 0 Å². The average molecular weight is 149 g/mol. The molecule has 0 unspecified atom stereocenters. The van der Waals surface area contributed by atoms with Gasteiger partial charge in [0.05, 0.1) is 0 Å². The fraction of sp³-hybridized carbons (Fsp3) is 0.250. The SMILES string of the molecule is Cn1ccnc1[B-](F)(F)F. The molecule has 2 nitrogen and oxygen atoms in total. The number of aryl methyl sites for hydroxylation is 1. The van der Waals surface area contributed by atoms with E-state index in [0.29, 0.717) is 0 Å². The first kappa shape index (κ1) is 7.18. The second-order valence-electron chi connectivity index (χ2n) is 1.97. The number of hydrogen-bond donors (Lipinski definition) is 0. The van der Waals surface area contributed by atoms with Crippen LogP contribution in [0.4, 0.5) is 12.9 Å². The molecule has 0 radical (unpaired) electrons. The van der Waals surface area contributed by atoms with Crippen LogP contribution in [-0.2, 0) is 7.05 Å². The van der Waals surface area contributed by atoms with Crippen LogP contribution in [0.3, 0.4) is 0 Å². The molecule has 0 aliphatic carbocycles. The summed E-state index contributed by atoms with van der Waals surface area (Å²) in [5, 5.41) is 0. The summed E-state index contributed by atoms with van der Waals surface area (Å²) in [5.74, 6) is 0. The van der Waals surface area contributed by atoms with Crippen molar-refractivity contribution in [1.29, 1.82) is 0 Å². The summed E-state index contributed by atoms with van der Waals surface area (Å²) in [5.41, 5.74) is -0.806. The molecule has 0 atom stereocenters. The second kappa shape index (κ2) is 2.03. The van der Waals surface area contributed by atoms with Crippen molar-refractivity contribution >= 4 is 12.7 Å². The summed E-state index contributed by atoms with van der Waals surface area (Å²) in [4.78, 5) is 3.15. The molecule has 1 rings (SSSR count). The highest BCUT2D eigenvalue weighted by Crippen LogP contribution is 2.05. The molecule has 1 aromatic rings. The zero-order valence-corrected chi connectivity index (χ0v) is 5.26. The molecule has 0 saturated heterocycles. The third-order valence-electron chi connectivity index (χ3n) is 1.15. The van der Waals surface area contributed by atoms with Gasteiger partial charge in [-0.2, -0.15) is 0 Å². The second-order valence-corrected chi connectivity index (χ2v) is 1.97. The topological polar surface area (TPSA) is 17.8 Å². The lowest BCUT2D eigenvalue weighted by atomic mass is 9.91. The van der Waals surface area contributed by atoms with Gasteiger partial charge in [-0.05, 0) is 0 Å². The Balaban J connectivity index is 3.05. The van der Waals surface area contributed by atoms with Crippen molar-refractivity contribution in [1.82, 2.24) is 9.55 Å². The maximum Gasteiger partial charge on any atom is 0.544 e. The third kappa shape index (κ3) is 1.15. The van der Waals surface area contributed by atoms with Crippen molar-refractivity contribution < 1.29 is 12.9 Å². The van der Waals surface area contributed by atoms with Crippen LogP contribution in [0.15, 0.2) is 12.4 Å². The molecule has 1 aromatic heterocycles. The van der Waals surface area contributed by atoms with E-state index in [1.54, 1.807) is 0 Å². The van der Waals surface area contributed by atoms with E-state index in [1.165, 1.54) is 13.2 Å². The van der Waals surface area contributed by atoms with Crippen LogP contribution in [0.5, 0.6) is 0 Å². The smallest absolute Gasteiger partial charge is 0.443 e. The molecule has 0 amide bonds. The van der Waals surface area contributed by atoms with Gasteiger partial charge in [0.2, 0.25) is 0 Å². The lowest BCUT2D eigenvalue weighted by molar-refractivity contribution is 0.492. The molecule has 6 heteroatoms. The van der Waals surface area contributed by atoms with Crippen LogP contribution in [0.1, 0.15) is 0 Å². The maximum absolute atomic E-state index is 11.9. The van der Waals surface area contributed by atoms with E-state index in [9.17, 15) is 12.9 Å². The van der Waals surface area contributed by atoms with Crippen molar-refractivity contribution in [3.63, 3.8) is 0 Å². The van der Waals surface area contributed by atoms with Crippen LogP contribution in [0, 0.1) is 0 Å². The Morgan fingerprint density at radius 1 is 1.50 bits per heavy atom. The highest BCUT2D eigenvalue weighted by molar-refractivity contribution is 6.72. The minimum absolute atomic E-state index is 0.806. The first-order valence-corrected chi connectivity index (χ1v) is 2.69. The summed E-state index contributed by atoms with van der Waals surface area (Å²) in [6.07, 6.45) is 2.40. The van der Waals surface area contributed by atoms with Gasteiger partial charge in [0.25, 0.3) is 0 Å². The number of nitrogens with zero attached hydrogens (tertiary/aromatic N) is 2. The standard InChI is InChI=1S/C4H5BF3N2/c1-10-3-2-9-4(10)5(6,7)8/h2-3H,1H3/q-1. The molecule has 56 valence electrons. The molecule has 0 spiro atoms. The Morgan fingerprint density at radius 3 is 2.30 bits per heavy atom. The van der Waals surface area contributed by atoms with Crippen molar-refractivity contribution in [2.24, 2.45) is 7.05 Å². The molecule has 0 saturated carbocycles. The highest BCUT2D eigenvalue weighted by atomic mass is 19.4. The molecule has 0 fully saturated rings. The predicted molar refractivity (Wildman–Crippen MR) is 31.9 cm³/mol. The van der Waals surface area contributed by atoms with Gasteiger partial charge >= 0.3 is 6.98 Å². The van der Waals surface area contributed by atoms with Crippen molar-refractivity contribution in [2.75, 3.05) is 0 Å². The van der Waals surface area contributed by atoms with Crippen molar-refractivity contribution in [2.45, 2.75) is 0 Å². The Labute approximate surface area is 55.7 Å². The minimum Gasteiger partial charge on any atom is -0.443 e. The van der Waals surface area contributed by atoms with Gasteiger partial charge in [-0.1, -0.05) is 0 Å². The number of halogens is 3. The first-order chi connectivity index (χ1) is 4.52. The summed E-state index contributed by atoms with van der Waals surface area (Å²) >= 11 is 0. The fourth-order valence-electron chi connectivity index (χ4n) is 0.693. The predicted octanol–water partition coefficient (Wildman–Crippen LogP) is 0.474. The van der Waals surface area contributed by atoms with E-state index in [0.717, 1.165) is 10.8 Å². The summed E-state index contributed by atoms with van der Waals surface area (Å²) < 4.78 is 36.5. The third-order valence-corrected chi connectivity index (χ3v) is 1.15.